The molecule has 3 heterocycles. The standard InChI is InChI=1S/C25H27FN4O4S/c1-4-5-12-34-23-22(25(31)32)35-24(29-23)19-14-16(8-9-28-19)27-10-11-30-15(2)13-17-20(33-3)7-6-18(26)21(17)30/h6-9,13-14H,4-5,10-12H2,1-3H3,(H,27,28)(H,31,32). The highest BCUT2D eigenvalue weighted by molar-refractivity contribution is 7.17. The van der Waals surface area contributed by atoms with Gasteiger partial charge in [0.1, 0.15) is 22.3 Å². The molecule has 1 aromatic carbocycles. The maximum atomic E-state index is 14.6. The highest BCUT2D eigenvalue weighted by atomic mass is 32.1. The van der Waals surface area contributed by atoms with Crippen LogP contribution >= 0.6 is 11.3 Å². The number of carbonyl (C=O) groups is 1. The Hall–Kier alpha value is -3.66. The molecule has 3 aromatic heterocycles. The lowest BCUT2D eigenvalue weighted by atomic mass is 10.2. The van der Waals surface area contributed by atoms with Crippen molar-refractivity contribution in [2.45, 2.75) is 33.2 Å². The van der Waals surface area contributed by atoms with Gasteiger partial charge >= 0.3 is 5.97 Å². The summed E-state index contributed by atoms with van der Waals surface area (Å²) < 4.78 is 27.5. The van der Waals surface area contributed by atoms with Crippen LogP contribution in [0.3, 0.4) is 0 Å². The number of benzene rings is 1. The molecule has 0 saturated carbocycles. The van der Waals surface area contributed by atoms with Crippen molar-refractivity contribution in [1.82, 2.24) is 14.5 Å². The van der Waals surface area contributed by atoms with Crippen molar-refractivity contribution < 1.29 is 23.8 Å². The van der Waals surface area contributed by atoms with Crippen molar-refractivity contribution in [3.05, 3.63) is 52.9 Å². The predicted octanol–water partition coefficient (Wildman–Crippen LogP) is 5.61. The second kappa shape index (κ2) is 10.7. The van der Waals surface area contributed by atoms with E-state index < -0.39 is 5.97 Å². The predicted molar refractivity (Wildman–Crippen MR) is 134 cm³/mol. The molecule has 0 fully saturated rings. The highest BCUT2D eigenvalue weighted by Crippen LogP contribution is 2.33. The quantitative estimate of drug-likeness (QED) is 0.260. The summed E-state index contributed by atoms with van der Waals surface area (Å²) in [6.07, 6.45) is 3.39. The summed E-state index contributed by atoms with van der Waals surface area (Å²) in [4.78, 5) is 20.4. The van der Waals surface area contributed by atoms with Crippen molar-refractivity contribution in [2.75, 3.05) is 25.6 Å². The number of thiazole rings is 1. The molecule has 0 aliphatic carbocycles. The third kappa shape index (κ3) is 5.22. The molecule has 184 valence electrons. The summed E-state index contributed by atoms with van der Waals surface area (Å²) >= 11 is 1.03. The van der Waals surface area contributed by atoms with Crippen molar-refractivity contribution in [3.63, 3.8) is 0 Å². The zero-order valence-corrected chi connectivity index (χ0v) is 20.6. The Balaban J connectivity index is 1.50. The van der Waals surface area contributed by atoms with Crippen molar-refractivity contribution in [1.29, 1.82) is 0 Å². The number of hydrogen-bond acceptors (Lipinski definition) is 7. The van der Waals surface area contributed by atoms with Gasteiger partial charge in [-0.1, -0.05) is 13.3 Å². The molecule has 35 heavy (non-hydrogen) atoms. The van der Waals surface area contributed by atoms with Gasteiger partial charge in [0.25, 0.3) is 0 Å². The second-order valence-corrected chi connectivity index (χ2v) is 8.97. The molecule has 4 aromatic rings. The Morgan fingerprint density at radius 2 is 2.11 bits per heavy atom. The molecule has 0 unspecified atom stereocenters. The fraction of sp³-hybridized carbons (Fsp3) is 0.320. The van der Waals surface area contributed by atoms with Gasteiger partial charge in [-0.3, -0.25) is 4.98 Å². The number of fused-ring (bicyclic) bond motifs is 1. The molecule has 2 N–H and O–H groups in total. The van der Waals surface area contributed by atoms with E-state index in [1.165, 1.54) is 6.07 Å². The first kappa shape index (κ1) is 24.5. The fourth-order valence-corrected chi connectivity index (χ4v) is 4.65. The van der Waals surface area contributed by atoms with Crippen LogP contribution < -0.4 is 14.8 Å². The van der Waals surface area contributed by atoms with E-state index in [2.05, 4.69) is 15.3 Å². The van der Waals surface area contributed by atoms with E-state index in [4.69, 9.17) is 9.47 Å². The minimum Gasteiger partial charge on any atom is -0.496 e. The monoisotopic (exact) mass is 498 g/mol. The van der Waals surface area contributed by atoms with E-state index in [9.17, 15) is 14.3 Å². The number of aryl methyl sites for hydroxylation is 1. The molecule has 0 amide bonds. The summed E-state index contributed by atoms with van der Waals surface area (Å²) in [7, 11) is 1.57. The van der Waals surface area contributed by atoms with E-state index in [-0.39, 0.29) is 16.6 Å². The number of halogens is 1. The van der Waals surface area contributed by atoms with Gasteiger partial charge in [0.15, 0.2) is 4.88 Å². The number of aromatic nitrogens is 3. The molecule has 0 aliphatic heterocycles. The second-order valence-electron chi connectivity index (χ2n) is 7.97. The Labute approximate surface area is 206 Å². The first-order chi connectivity index (χ1) is 16.9. The number of methoxy groups -OCH3 is 1. The van der Waals surface area contributed by atoms with Gasteiger partial charge in [-0.2, -0.15) is 4.98 Å². The number of ether oxygens (including phenoxy) is 2. The van der Waals surface area contributed by atoms with Gasteiger partial charge in [0.05, 0.1) is 19.2 Å². The van der Waals surface area contributed by atoms with Gasteiger partial charge in [0.2, 0.25) is 5.88 Å². The first-order valence-electron chi connectivity index (χ1n) is 11.3. The maximum absolute atomic E-state index is 14.6. The summed E-state index contributed by atoms with van der Waals surface area (Å²) in [6, 6.07) is 8.60. The van der Waals surface area contributed by atoms with Gasteiger partial charge < -0.3 is 24.5 Å². The maximum Gasteiger partial charge on any atom is 0.351 e. The van der Waals surface area contributed by atoms with E-state index >= 15 is 0 Å². The van der Waals surface area contributed by atoms with Crippen molar-refractivity contribution in [3.8, 4) is 22.3 Å². The number of nitrogens with zero attached hydrogens (tertiary/aromatic N) is 3. The summed E-state index contributed by atoms with van der Waals surface area (Å²) in [6.45, 7) is 5.45. The fourth-order valence-electron chi connectivity index (χ4n) is 3.84. The third-order valence-corrected chi connectivity index (χ3v) is 6.61. The lowest BCUT2D eigenvalue weighted by Gasteiger charge is -2.12. The van der Waals surface area contributed by atoms with Gasteiger partial charge in [-0.15, -0.1) is 11.3 Å². The van der Waals surface area contributed by atoms with Gasteiger partial charge in [0, 0.05) is 36.1 Å². The smallest absolute Gasteiger partial charge is 0.351 e. The van der Waals surface area contributed by atoms with Crippen molar-refractivity contribution in [2.24, 2.45) is 0 Å². The number of nitrogens with one attached hydrogen (secondary N) is 1. The zero-order chi connectivity index (χ0) is 24.9. The number of aromatic carboxylic acids is 1. The Bertz CT molecular complexity index is 1350. The molecule has 8 nitrogen and oxygen atoms in total. The van der Waals surface area contributed by atoms with E-state index in [0.717, 1.165) is 40.9 Å². The Kier molecular flexibility index (Phi) is 7.50. The molecule has 0 saturated heterocycles. The normalized spacial score (nSPS) is 11.1. The summed E-state index contributed by atoms with van der Waals surface area (Å²) in [5.41, 5.74) is 2.78. The molecular weight excluding hydrogens is 471 g/mol. The number of anilines is 1. The SMILES string of the molecule is CCCCOc1nc(-c2cc(NCCn3c(C)cc4c(OC)ccc(F)c43)ccn2)sc1C(=O)O. The summed E-state index contributed by atoms with van der Waals surface area (Å²) in [5, 5.41) is 14.1. The number of carboxylic acid groups (broad SMARTS) is 1. The van der Waals surface area contributed by atoms with Crippen LogP contribution in [0.1, 0.15) is 35.1 Å². The van der Waals surface area contributed by atoms with Crippen LogP contribution in [0.5, 0.6) is 11.6 Å². The topological polar surface area (TPSA) is 98.5 Å². The number of hydrogen-bond donors (Lipinski definition) is 2. The number of carboxylic acids is 1. The average molecular weight is 499 g/mol. The van der Waals surface area contributed by atoms with Crippen LogP contribution in [-0.2, 0) is 6.54 Å². The van der Waals surface area contributed by atoms with E-state index in [0.29, 0.717) is 41.7 Å². The van der Waals surface area contributed by atoms with Crippen LogP contribution in [0.15, 0.2) is 36.5 Å². The van der Waals surface area contributed by atoms with Crippen molar-refractivity contribution >= 4 is 33.9 Å². The molecule has 0 aliphatic rings. The Morgan fingerprint density at radius 3 is 2.86 bits per heavy atom. The molecule has 4 rings (SSSR count). The molecule has 0 bridgehead atoms. The molecular formula is C25H27FN4O4S. The Morgan fingerprint density at radius 1 is 1.29 bits per heavy atom. The lowest BCUT2D eigenvalue weighted by Crippen LogP contribution is -2.12. The number of unbranched alkanes of at least 4 members (excludes halogenated alkanes) is 1. The largest absolute Gasteiger partial charge is 0.496 e. The molecule has 0 atom stereocenters. The summed E-state index contributed by atoms with van der Waals surface area (Å²) in [5.74, 6) is -0.612. The van der Waals surface area contributed by atoms with Crippen LogP contribution in [-0.4, -0.2) is 45.9 Å². The number of rotatable bonds is 11. The van der Waals surface area contributed by atoms with Crippen LogP contribution in [0.4, 0.5) is 10.1 Å². The molecule has 0 spiro atoms. The minimum absolute atomic E-state index is 0.0590. The van der Waals surface area contributed by atoms with Crippen LogP contribution in [0.2, 0.25) is 0 Å². The number of pyridine rings is 1. The van der Waals surface area contributed by atoms with E-state index in [1.807, 2.05) is 36.6 Å². The minimum atomic E-state index is -1.08. The lowest BCUT2D eigenvalue weighted by molar-refractivity contribution is 0.0697. The van der Waals surface area contributed by atoms with Gasteiger partial charge in [-0.25, -0.2) is 9.18 Å². The van der Waals surface area contributed by atoms with Crippen LogP contribution in [0, 0.1) is 12.7 Å². The first-order valence-corrected chi connectivity index (χ1v) is 12.1. The molecule has 10 heteroatoms. The van der Waals surface area contributed by atoms with Gasteiger partial charge in [-0.05, 0) is 43.7 Å². The average Bonchev–Trinajstić information content (AvgIpc) is 3.42. The third-order valence-electron chi connectivity index (χ3n) is 5.57. The van der Waals surface area contributed by atoms with Crippen LogP contribution in [0.25, 0.3) is 21.6 Å². The van der Waals surface area contributed by atoms with E-state index in [1.54, 1.807) is 19.4 Å². The molecule has 0 radical (unpaired) electrons. The zero-order valence-electron chi connectivity index (χ0n) is 19.8. The highest BCUT2D eigenvalue weighted by Gasteiger charge is 2.20.